The number of halogens is 2. The number of aliphatic hydroxyl groups is 1. The van der Waals surface area contributed by atoms with Crippen molar-refractivity contribution < 1.29 is 67.0 Å². The quantitative estimate of drug-likeness (QED) is 0.140. The molecule has 0 spiro atoms. The molecule has 3 aromatic rings. The van der Waals surface area contributed by atoms with Gasteiger partial charge < -0.3 is 34.3 Å². The van der Waals surface area contributed by atoms with Crippen LogP contribution in [-0.2, 0) is 20.7 Å². The largest absolute Gasteiger partial charge is 0.507 e. The molecule has 0 fully saturated rings. The Morgan fingerprint density at radius 2 is 1.31 bits per heavy atom. The third-order valence-corrected chi connectivity index (χ3v) is 10.2. The normalized spacial score (nSPS) is 15.4. The SMILES string of the molecule is CCc1c(C)c(C(=O)O)c(C)c(C)c1OC(=O)c1c(C)cc(OC(=O)c2c(C)c(C)c(OC(=O)[C@@]3(O)C(C)=CC(=O)C=C3OC)c(C(F)F)c2C)c(C)c1O. The van der Waals surface area contributed by atoms with Gasteiger partial charge in [0.25, 0.3) is 6.43 Å². The maximum atomic E-state index is 14.7. The Labute approximate surface area is 316 Å². The predicted octanol–water partition coefficient (Wildman–Crippen LogP) is 7.19. The van der Waals surface area contributed by atoms with Crippen molar-refractivity contribution in [3.05, 3.63) is 102 Å². The van der Waals surface area contributed by atoms with Gasteiger partial charge in [0.15, 0.2) is 5.78 Å². The summed E-state index contributed by atoms with van der Waals surface area (Å²) in [5.74, 6) is -6.86. The number of allylic oxidation sites excluding steroid dienone is 2. The zero-order chi connectivity index (χ0) is 41.6. The van der Waals surface area contributed by atoms with Crippen LogP contribution in [0.15, 0.2) is 29.6 Å². The van der Waals surface area contributed by atoms with Crippen LogP contribution in [0.2, 0.25) is 0 Å². The molecule has 1 aliphatic carbocycles. The molecule has 0 aromatic heterocycles. The van der Waals surface area contributed by atoms with Crippen molar-refractivity contribution in [2.75, 3.05) is 7.11 Å². The fourth-order valence-corrected chi connectivity index (χ4v) is 6.87. The summed E-state index contributed by atoms with van der Waals surface area (Å²) in [6, 6.07) is 1.30. The second-order valence-corrected chi connectivity index (χ2v) is 13.4. The van der Waals surface area contributed by atoms with E-state index in [-0.39, 0.29) is 61.6 Å². The number of aromatic hydroxyl groups is 1. The van der Waals surface area contributed by atoms with E-state index in [1.807, 2.05) is 0 Å². The van der Waals surface area contributed by atoms with Crippen molar-refractivity contribution in [1.29, 1.82) is 0 Å². The molecule has 0 radical (unpaired) electrons. The van der Waals surface area contributed by atoms with Crippen LogP contribution in [0.25, 0.3) is 0 Å². The van der Waals surface area contributed by atoms with Crippen molar-refractivity contribution >= 4 is 29.7 Å². The van der Waals surface area contributed by atoms with Crippen LogP contribution in [-0.4, -0.2) is 57.7 Å². The van der Waals surface area contributed by atoms with Crippen LogP contribution in [0, 0.1) is 55.4 Å². The molecular formula is C41H42F2O12. The lowest BCUT2D eigenvalue weighted by atomic mass is 9.87. The molecule has 14 heteroatoms. The highest BCUT2D eigenvalue weighted by atomic mass is 19.3. The third kappa shape index (κ3) is 7.09. The standard InChI is InChI=1S/C41H42F2O12/c1-12-26-22(8)30(37(46)47)18(4)20(6)34(26)54-38(48)29-16(2)13-27(23(9)33(29)45)53-39(49)31-19(5)21(7)35(32(24(31)10)36(42)43)55-40(50)41(51)17(3)14-25(44)15-28(41)52-11/h13-15,36,45,51H,12H2,1-11H3,(H,46,47)/t41-/m1/s1. The van der Waals surface area contributed by atoms with Crippen molar-refractivity contribution in [3.63, 3.8) is 0 Å². The first-order valence-electron chi connectivity index (χ1n) is 17.0. The monoisotopic (exact) mass is 764 g/mol. The molecule has 3 N–H and O–H groups in total. The number of aromatic carboxylic acids is 1. The topological polar surface area (TPSA) is 183 Å². The van der Waals surface area contributed by atoms with Gasteiger partial charge >= 0.3 is 23.9 Å². The highest BCUT2D eigenvalue weighted by Gasteiger charge is 2.48. The van der Waals surface area contributed by atoms with Gasteiger partial charge in [-0.1, -0.05) is 6.92 Å². The van der Waals surface area contributed by atoms with Gasteiger partial charge in [-0.25, -0.2) is 28.0 Å². The van der Waals surface area contributed by atoms with E-state index in [0.29, 0.717) is 28.7 Å². The number of carbonyl (C=O) groups is 5. The molecule has 0 amide bonds. The Hall–Kier alpha value is -5.89. The van der Waals surface area contributed by atoms with Crippen LogP contribution < -0.4 is 14.2 Å². The van der Waals surface area contributed by atoms with Crippen molar-refractivity contribution in [3.8, 4) is 23.0 Å². The average molecular weight is 765 g/mol. The Bertz CT molecular complexity index is 2260. The number of methoxy groups -OCH3 is 1. The minimum atomic E-state index is -3.28. The van der Waals surface area contributed by atoms with Crippen LogP contribution >= 0.6 is 0 Å². The number of rotatable bonds is 10. The smallest absolute Gasteiger partial charge is 0.356 e. The van der Waals surface area contributed by atoms with E-state index >= 15 is 0 Å². The van der Waals surface area contributed by atoms with Gasteiger partial charge in [-0.15, -0.1) is 0 Å². The Kier molecular flexibility index (Phi) is 11.8. The second kappa shape index (κ2) is 15.5. The lowest BCUT2D eigenvalue weighted by molar-refractivity contribution is -0.151. The summed E-state index contributed by atoms with van der Waals surface area (Å²) >= 11 is 0. The number of esters is 3. The predicted molar refractivity (Wildman–Crippen MR) is 195 cm³/mol. The number of hydrogen-bond acceptors (Lipinski definition) is 11. The molecular weight excluding hydrogens is 722 g/mol. The number of ketones is 1. The number of phenolic OH excluding ortho intramolecular Hbond substituents is 1. The molecule has 0 saturated heterocycles. The van der Waals surface area contributed by atoms with E-state index in [1.165, 1.54) is 47.6 Å². The van der Waals surface area contributed by atoms with E-state index < -0.39 is 64.5 Å². The Balaban J connectivity index is 1.73. The molecule has 3 aromatic carbocycles. The van der Waals surface area contributed by atoms with E-state index in [0.717, 1.165) is 19.3 Å². The molecule has 0 heterocycles. The highest BCUT2D eigenvalue weighted by Crippen LogP contribution is 2.43. The fraction of sp³-hybridized carbons (Fsp3) is 0.341. The third-order valence-electron chi connectivity index (χ3n) is 10.2. The van der Waals surface area contributed by atoms with Crippen LogP contribution in [0.1, 0.15) is 107 Å². The van der Waals surface area contributed by atoms with Gasteiger partial charge in [-0.2, -0.15) is 0 Å². The van der Waals surface area contributed by atoms with Crippen LogP contribution in [0.5, 0.6) is 23.0 Å². The summed E-state index contributed by atoms with van der Waals surface area (Å²) in [7, 11) is 1.11. The van der Waals surface area contributed by atoms with E-state index in [9.17, 15) is 48.1 Å². The first-order chi connectivity index (χ1) is 25.6. The minimum Gasteiger partial charge on any atom is -0.507 e. The number of alkyl halides is 2. The molecule has 292 valence electrons. The van der Waals surface area contributed by atoms with Crippen LogP contribution in [0.4, 0.5) is 8.78 Å². The fourth-order valence-electron chi connectivity index (χ4n) is 6.87. The first-order valence-corrected chi connectivity index (χ1v) is 17.0. The molecule has 0 bridgehead atoms. The Morgan fingerprint density at radius 1 is 0.745 bits per heavy atom. The van der Waals surface area contributed by atoms with Crippen molar-refractivity contribution in [2.24, 2.45) is 0 Å². The summed E-state index contributed by atoms with van der Waals surface area (Å²) < 4.78 is 51.4. The Morgan fingerprint density at radius 3 is 1.85 bits per heavy atom. The molecule has 4 rings (SSSR count). The van der Waals surface area contributed by atoms with Crippen LogP contribution in [0.3, 0.4) is 0 Å². The molecule has 0 saturated carbocycles. The lowest BCUT2D eigenvalue weighted by Gasteiger charge is -2.31. The average Bonchev–Trinajstić information content (AvgIpc) is 3.09. The molecule has 1 atom stereocenters. The van der Waals surface area contributed by atoms with Gasteiger partial charge in [0.05, 0.1) is 23.8 Å². The maximum Gasteiger partial charge on any atom is 0.356 e. The number of ether oxygens (including phenoxy) is 4. The minimum absolute atomic E-state index is 0.0526. The van der Waals surface area contributed by atoms with Gasteiger partial charge in [-0.3, -0.25) is 4.79 Å². The summed E-state index contributed by atoms with van der Waals surface area (Å²) in [5.41, 5.74) is -2.43. The molecule has 0 aliphatic heterocycles. The van der Waals surface area contributed by atoms with Gasteiger partial charge in [0.2, 0.25) is 5.60 Å². The highest BCUT2D eigenvalue weighted by molar-refractivity contribution is 6.06. The van der Waals surface area contributed by atoms with Gasteiger partial charge in [0.1, 0.15) is 34.3 Å². The zero-order valence-electron chi connectivity index (χ0n) is 32.3. The zero-order valence-corrected chi connectivity index (χ0v) is 32.3. The number of carbonyl (C=O) groups excluding carboxylic acids is 4. The van der Waals surface area contributed by atoms with Gasteiger partial charge in [-0.05, 0) is 131 Å². The lowest BCUT2D eigenvalue weighted by Crippen LogP contribution is -2.47. The molecule has 0 unspecified atom stereocenters. The van der Waals surface area contributed by atoms with Gasteiger partial charge in [0, 0.05) is 11.6 Å². The van der Waals surface area contributed by atoms with Crippen molar-refractivity contribution in [1.82, 2.24) is 0 Å². The summed E-state index contributed by atoms with van der Waals surface area (Å²) in [6.07, 6.45) is -1.09. The summed E-state index contributed by atoms with van der Waals surface area (Å²) in [6.45, 7) is 14.7. The number of hydrogen-bond donors (Lipinski definition) is 3. The molecule has 1 aliphatic rings. The molecule has 55 heavy (non-hydrogen) atoms. The number of aryl methyl sites for hydroxylation is 1. The number of carboxylic acid groups (broad SMARTS) is 1. The number of carboxylic acids is 1. The van der Waals surface area contributed by atoms with Crippen molar-refractivity contribution in [2.45, 2.75) is 87.7 Å². The molecule has 12 nitrogen and oxygen atoms in total. The number of phenols is 1. The maximum absolute atomic E-state index is 14.7. The second-order valence-electron chi connectivity index (χ2n) is 13.4. The summed E-state index contributed by atoms with van der Waals surface area (Å²) in [5, 5.41) is 32.3. The number of benzene rings is 3. The van der Waals surface area contributed by atoms with E-state index in [2.05, 4.69) is 0 Å². The van der Waals surface area contributed by atoms with E-state index in [4.69, 9.17) is 18.9 Å². The summed E-state index contributed by atoms with van der Waals surface area (Å²) in [4.78, 5) is 64.7. The first kappa shape index (κ1) is 41.9. The van der Waals surface area contributed by atoms with E-state index in [1.54, 1.807) is 27.7 Å².